The third-order valence-electron chi connectivity index (χ3n) is 2.26. The maximum absolute atomic E-state index is 11.2. The molecule has 0 heterocycles. The molecule has 0 aliphatic rings. The van der Waals surface area contributed by atoms with Crippen LogP contribution in [0.5, 0.6) is 5.75 Å². The smallest absolute Gasteiger partial charge is 0.211 e. The van der Waals surface area contributed by atoms with Crippen molar-refractivity contribution in [3.63, 3.8) is 0 Å². The number of sulfonamides is 1. The molecule has 0 bridgehead atoms. The average Bonchev–Trinajstić information content (AvgIpc) is 2.27. The lowest BCUT2D eigenvalue weighted by Gasteiger charge is -2.14. The van der Waals surface area contributed by atoms with Crippen molar-refractivity contribution in [1.82, 2.24) is 4.31 Å². The van der Waals surface area contributed by atoms with Crippen molar-refractivity contribution >= 4 is 10.0 Å². The monoisotopic (exact) mass is 255 g/mol. The summed E-state index contributed by atoms with van der Waals surface area (Å²) in [5.41, 5.74) is 0.920. The number of nitrogens with zero attached hydrogens (tertiary/aromatic N) is 1. The highest BCUT2D eigenvalue weighted by Crippen LogP contribution is 2.14. The first-order valence-corrected chi connectivity index (χ1v) is 7.02. The maximum Gasteiger partial charge on any atom is 0.211 e. The largest absolute Gasteiger partial charge is 0.490 e. The van der Waals surface area contributed by atoms with Gasteiger partial charge in [-0.15, -0.1) is 0 Å². The van der Waals surface area contributed by atoms with Crippen molar-refractivity contribution in [2.45, 2.75) is 6.54 Å². The van der Waals surface area contributed by atoms with E-state index in [0.717, 1.165) is 11.3 Å². The van der Waals surface area contributed by atoms with Gasteiger partial charge in [0.25, 0.3) is 0 Å². The minimum absolute atomic E-state index is 0.362. The van der Waals surface area contributed by atoms with E-state index in [1.165, 1.54) is 10.6 Å². The average molecular weight is 255 g/mol. The molecular formula is C12H17NO3S. The third kappa shape index (κ3) is 4.58. The first kappa shape index (κ1) is 13.7. The Labute approximate surface area is 103 Å². The molecule has 5 heteroatoms. The van der Waals surface area contributed by atoms with Crippen molar-refractivity contribution < 1.29 is 13.2 Å². The molecule has 0 saturated heterocycles. The minimum atomic E-state index is -3.14. The molecule has 0 radical (unpaired) electrons. The van der Waals surface area contributed by atoms with E-state index < -0.39 is 10.0 Å². The molecule has 0 amide bonds. The zero-order valence-corrected chi connectivity index (χ0v) is 10.9. The van der Waals surface area contributed by atoms with E-state index in [1.54, 1.807) is 13.1 Å². The summed E-state index contributed by atoms with van der Waals surface area (Å²) in [5.74, 6) is 0.746. The standard InChI is InChI=1S/C12H17NO3S/c1-4-9-16-12-7-5-11(6-8-12)10-13(2)17(3,14)15/h4-8H,1,9-10H2,2-3H3. The Bertz CT molecular complexity index is 465. The molecule has 0 aliphatic heterocycles. The summed E-state index contributed by atoms with van der Waals surface area (Å²) in [4.78, 5) is 0. The van der Waals surface area contributed by atoms with E-state index in [9.17, 15) is 8.42 Å². The summed E-state index contributed by atoms with van der Waals surface area (Å²) in [7, 11) is -1.58. The fourth-order valence-corrected chi connectivity index (χ4v) is 1.60. The summed E-state index contributed by atoms with van der Waals surface area (Å²) in [6, 6.07) is 7.32. The van der Waals surface area contributed by atoms with E-state index in [0.29, 0.717) is 13.2 Å². The van der Waals surface area contributed by atoms with Gasteiger partial charge in [-0.25, -0.2) is 12.7 Å². The van der Waals surface area contributed by atoms with E-state index in [4.69, 9.17) is 4.74 Å². The van der Waals surface area contributed by atoms with Gasteiger partial charge in [-0.05, 0) is 17.7 Å². The first-order valence-electron chi connectivity index (χ1n) is 5.17. The Hall–Kier alpha value is -1.33. The van der Waals surface area contributed by atoms with Crippen LogP contribution in [0.3, 0.4) is 0 Å². The van der Waals surface area contributed by atoms with Gasteiger partial charge in [0.05, 0.1) is 6.26 Å². The number of hydrogen-bond acceptors (Lipinski definition) is 3. The summed E-state index contributed by atoms with van der Waals surface area (Å²) < 4.78 is 29.1. The molecule has 0 N–H and O–H groups in total. The van der Waals surface area contributed by atoms with Crippen LogP contribution in [0, 0.1) is 0 Å². The van der Waals surface area contributed by atoms with E-state index >= 15 is 0 Å². The fraction of sp³-hybridized carbons (Fsp3) is 0.333. The maximum atomic E-state index is 11.2. The highest BCUT2D eigenvalue weighted by atomic mass is 32.2. The second kappa shape index (κ2) is 5.84. The zero-order valence-electron chi connectivity index (χ0n) is 10.1. The van der Waals surface area contributed by atoms with Crippen LogP contribution < -0.4 is 4.74 Å². The van der Waals surface area contributed by atoms with Crippen LogP contribution >= 0.6 is 0 Å². The second-order valence-corrected chi connectivity index (χ2v) is 5.85. The molecule has 0 saturated carbocycles. The number of hydrogen-bond donors (Lipinski definition) is 0. The quantitative estimate of drug-likeness (QED) is 0.726. The van der Waals surface area contributed by atoms with Gasteiger partial charge in [0.2, 0.25) is 10.0 Å². The highest BCUT2D eigenvalue weighted by Gasteiger charge is 2.10. The molecule has 0 unspecified atom stereocenters. The lowest BCUT2D eigenvalue weighted by molar-refractivity contribution is 0.363. The van der Waals surface area contributed by atoms with Crippen molar-refractivity contribution in [1.29, 1.82) is 0 Å². The van der Waals surface area contributed by atoms with Gasteiger partial charge < -0.3 is 4.74 Å². The summed E-state index contributed by atoms with van der Waals surface area (Å²) >= 11 is 0. The van der Waals surface area contributed by atoms with Gasteiger partial charge in [-0.1, -0.05) is 24.8 Å². The van der Waals surface area contributed by atoms with Gasteiger partial charge >= 0.3 is 0 Å². The van der Waals surface area contributed by atoms with Crippen molar-refractivity contribution in [3.05, 3.63) is 42.5 Å². The van der Waals surface area contributed by atoms with Crippen LogP contribution in [-0.4, -0.2) is 32.6 Å². The van der Waals surface area contributed by atoms with Gasteiger partial charge in [0.1, 0.15) is 12.4 Å². The normalized spacial score (nSPS) is 11.5. The van der Waals surface area contributed by atoms with Crippen molar-refractivity contribution in [3.8, 4) is 5.75 Å². The molecule has 1 aromatic carbocycles. The number of ether oxygens (including phenoxy) is 1. The van der Waals surface area contributed by atoms with Gasteiger partial charge in [-0.3, -0.25) is 0 Å². The minimum Gasteiger partial charge on any atom is -0.490 e. The second-order valence-electron chi connectivity index (χ2n) is 3.76. The van der Waals surface area contributed by atoms with E-state index in [2.05, 4.69) is 6.58 Å². The van der Waals surface area contributed by atoms with Crippen molar-refractivity contribution in [2.75, 3.05) is 19.9 Å². The molecule has 0 fully saturated rings. The third-order valence-corrected chi connectivity index (χ3v) is 3.52. The first-order chi connectivity index (χ1) is 7.93. The molecule has 94 valence electrons. The Morgan fingerprint density at radius 1 is 1.35 bits per heavy atom. The molecule has 1 aromatic rings. The predicted molar refractivity (Wildman–Crippen MR) is 68.4 cm³/mol. The SMILES string of the molecule is C=CCOc1ccc(CN(C)S(C)(=O)=O)cc1. The summed E-state index contributed by atoms with van der Waals surface area (Å²) in [6.07, 6.45) is 2.86. The van der Waals surface area contributed by atoms with E-state index in [-0.39, 0.29) is 0 Å². The van der Waals surface area contributed by atoms with Gasteiger partial charge in [-0.2, -0.15) is 0 Å². The molecule has 0 atom stereocenters. The lowest BCUT2D eigenvalue weighted by atomic mass is 10.2. The molecule has 1 rings (SSSR count). The molecule has 0 spiro atoms. The number of benzene rings is 1. The Balaban J connectivity index is 2.65. The van der Waals surface area contributed by atoms with Crippen LogP contribution in [0.2, 0.25) is 0 Å². The topological polar surface area (TPSA) is 46.6 Å². The molecular weight excluding hydrogens is 238 g/mol. The molecule has 0 aliphatic carbocycles. The number of rotatable bonds is 6. The van der Waals surface area contributed by atoms with Gasteiger partial charge in [0.15, 0.2) is 0 Å². The zero-order chi connectivity index (χ0) is 12.9. The summed E-state index contributed by atoms with van der Waals surface area (Å²) in [5, 5.41) is 0. The lowest BCUT2D eigenvalue weighted by Crippen LogP contribution is -2.24. The molecule has 0 aromatic heterocycles. The van der Waals surface area contributed by atoms with Crippen LogP contribution in [0.15, 0.2) is 36.9 Å². The molecule has 4 nitrogen and oxygen atoms in total. The van der Waals surface area contributed by atoms with Crippen LogP contribution in [0.25, 0.3) is 0 Å². The van der Waals surface area contributed by atoms with Crippen molar-refractivity contribution in [2.24, 2.45) is 0 Å². The van der Waals surface area contributed by atoms with Gasteiger partial charge in [0, 0.05) is 13.6 Å². The van der Waals surface area contributed by atoms with E-state index in [1.807, 2.05) is 24.3 Å². The predicted octanol–water partition coefficient (Wildman–Crippen LogP) is 1.64. The fourth-order valence-electron chi connectivity index (χ4n) is 1.22. The van der Waals surface area contributed by atoms with Crippen LogP contribution in [0.1, 0.15) is 5.56 Å². The highest BCUT2D eigenvalue weighted by molar-refractivity contribution is 7.88. The van der Waals surface area contributed by atoms with Crippen LogP contribution in [-0.2, 0) is 16.6 Å². The van der Waals surface area contributed by atoms with Crippen LogP contribution in [0.4, 0.5) is 0 Å². The Morgan fingerprint density at radius 3 is 2.41 bits per heavy atom. The Morgan fingerprint density at radius 2 is 1.94 bits per heavy atom. The summed E-state index contributed by atoms with van der Waals surface area (Å²) in [6.45, 7) is 4.38. The molecule has 17 heavy (non-hydrogen) atoms. The Kier molecular flexibility index (Phi) is 4.72.